The Morgan fingerprint density at radius 2 is 1.91 bits per heavy atom. The van der Waals surface area contributed by atoms with Crippen molar-refractivity contribution in [3.63, 3.8) is 0 Å². The molecule has 0 N–H and O–H groups in total. The fourth-order valence-electron chi connectivity index (χ4n) is 1.63. The molecular formula is C10H20Se. The van der Waals surface area contributed by atoms with Gasteiger partial charge in [0.25, 0.3) is 0 Å². The number of hydrogen-bond donors (Lipinski definition) is 0. The van der Waals surface area contributed by atoms with E-state index in [0.29, 0.717) is 0 Å². The Bertz CT molecular complexity index is 95.0. The normalized spacial score (nSPS) is 23.5. The summed E-state index contributed by atoms with van der Waals surface area (Å²) in [5, 5.41) is 0. The molecule has 0 amide bonds. The zero-order chi connectivity index (χ0) is 8.10. The van der Waals surface area contributed by atoms with Crippen molar-refractivity contribution in [2.45, 2.75) is 62.0 Å². The van der Waals surface area contributed by atoms with Crippen molar-refractivity contribution in [2.75, 3.05) is 0 Å². The third-order valence-corrected chi connectivity index (χ3v) is 6.02. The molecule has 1 saturated carbocycles. The van der Waals surface area contributed by atoms with E-state index in [0.717, 1.165) is 24.6 Å². The van der Waals surface area contributed by atoms with Crippen LogP contribution in [0.15, 0.2) is 0 Å². The molecule has 11 heavy (non-hydrogen) atoms. The summed E-state index contributed by atoms with van der Waals surface area (Å²) in [5.41, 5.74) is 0. The molecule has 0 aromatic carbocycles. The Morgan fingerprint density at radius 1 is 1.27 bits per heavy atom. The minimum absolute atomic E-state index is 0.954. The minimum atomic E-state index is 0.954. The molecule has 0 aromatic rings. The predicted molar refractivity (Wildman–Crippen MR) is 52.3 cm³/mol. The van der Waals surface area contributed by atoms with Gasteiger partial charge in [0.2, 0.25) is 0 Å². The SMILES string of the molecule is CCC(C)[Se]C1CCCCC1. The van der Waals surface area contributed by atoms with Gasteiger partial charge in [0.15, 0.2) is 0 Å². The monoisotopic (exact) mass is 220 g/mol. The van der Waals surface area contributed by atoms with E-state index in [1.165, 1.54) is 25.7 Å². The molecule has 0 saturated heterocycles. The molecule has 1 heteroatoms. The zero-order valence-corrected chi connectivity index (χ0v) is 9.52. The topological polar surface area (TPSA) is 0 Å². The summed E-state index contributed by atoms with van der Waals surface area (Å²) in [6.07, 6.45) is 9.03. The van der Waals surface area contributed by atoms with Gasteiger partial charge in [-0.25, -0.2) is 0 Å². The third-order valence-electron chi connectivity index (χ3n) is 2.55. The van der Waals surface area contributed by atoms with E-state index in [4.69, 9.17) is 0 Å². The van der Waals surface area contributed by atoms with Gasteiger partial charge < -0.3 is 0 Å². The van der Waals surface area contributed by atoms with Gasteiger partial charge in [0.1, 0.15) is 0 Å². The van der Waals surface area contributed by atoms with E-state index in [1.807, 2.05) is 0 Å². The first kappa shape index (κ1) is 9.61. The average Bonchev–Trinajstić information content (AvgIpc) is 2.06. The van der Waals surface area contributed by atoms with Crippen LogP contribution in [0.25, 0.3) is 0 Å². The molecule has 0 aromatic heterocycles. The van der Waals surface area contributed by atoms with E-state index in [-0.39, 0.29) is 0 Å². The molecule has 1 rings (SSSR count). The van der Waals surface area contributed by atoms with Gasteiger partial charge in [-0.1, -0.05) is 0 Å². The summed E-state index contributed by atoms with van der Waals surface area (Å²) in [6, 6.07) is 0. The molecule has 1 atom stereocenters. The maximum absolute atomic E-state index is 2.43. The Labute approximate surface area is 77.3 Å². The fraction of sp³-hybridized carbons (Fsp3) is 1.00. The van der Waals surface area contributed by atoms with Gasteiger partial charge in [0.05, 0.1) is 0 Å². The van der Waals surface area contributed by atoms with Crippen molar-refractivity contribution in [3.05, 3.63) is 0 Å². The summed E-state index contributed by atoms with van der Waals surface area (Å²) in [5.74, 6) is 0. The molecule has 0 nitrogen and oxygen atoms in total. The first-order valence-electron chi connectivity index (χ1n) is 4.98. The summed E-state index contributed by atoms with van der Waals surface area (Å²) < 4.78 is 0. The van der Waals surface area contributed by atoms with Crippen molar-refractivity contribution >= 4 is 15.0 Å². The molecule has 0 radical (unpaired) electrons. The molecule has 1 aliphatic carbocycles. The van der Waals surface area contributed by atoms with Crippen LogP contribution in [0.4, 0.5) is 0 Å². The first-order chi connectivity index (χ1) is 5.33. The summed E-state index contributed by atoms with van der Waals surface area (Å²) in [7, 11) is 0. The first-order valence-corrected chi connectivity index (χ1v) is 6.96. The Kier molecular flexibility index (Phi) is 4.55. The maximum atomic E-state index is 2.43. The summed E-state index contributed by atoms with van der Waals surface area (Å²) >= 11 is 0.954. The van der Waals surface area contributed by atoms with Crippen LogP contribution in [-0.2, 0) is 0 Å². The number of hydrogen-bond acceptors (Lipinski definition) is 0. The molecule has 1 fully saturated rings. The Morgan fingerprint density at radius 3 is 2.45 bits per heavy atom. The standard InChI is InChI=1S/C10H20Se/c1-3-9(2)11-10-7-5-4-6-8-10/h9-10H,3-8H2,1-2H3. The van der Waals surface area contributed by atoms with Crippen molar-refractivity contribution in [2.24, 2.45) is 0 Å². The van der Waals surface area contributed by atoms with Gasteiger partial charge in [-0.2, -0.15) is 0 Å². The molecule has 0 heterocycles. The predicted octanol–water partition coefficient (Wildman–Crippen LogP) is 3.66. The van der Waals surface area contributed by atoms with Gasteiger partial charge in [-0.05, 0) is 0 Å². The molecule has 1 unspecified atom stereocenters. The van der Waals surface area contributed by atoms with Crippen LogP contribution in [0.5, 0.6) is 0 Å². The van der Waals surface area contributed by atoms with Crippen molar-refractivity contribution in [1.82, 2.24) is 0 Å². The number of rotatable bonds is 3. The summed E-state index contributed by atoms with van der Waals surface area (Å²) in [6.45, 7) is 4.75. The Balaban J connectivity index is 2.13. The van der Waals surface area contributed by atoms with Crippen LogP contribution in [0.2, 0.25) is 9.63 Å². The Hall–Kier alpha value is 0.519. The molecule has 0 bridgehead atoms. The summed E-state index contributed by atoms with van der Waals surface area (Å²) in [4.78, 5) is 2.18. The van der Waals surface area contributed by atoms with E-state index in [1.54, 1.807) is 12.8 Å². The van der Waals surface area contributed by atoms with Gasteiger partial charge in [0, 0.05) is 0 Å². The fourth-order valence-corrected chi connectivity index (χ4v) is 4.68. The van der Waals surface area contributed by atoms with Gasteiger partial charge in [-0.15, -0.1) is 0 Å². The van der Waals surface area contributed by atoms with Crippen LogP contribution < -0.4 is 0 Å². The van der Waals surface area contributed by atoms with E-state index in [9.17, 15) is 0 Å². The van der Waals surface area contributed by atoms with Crippen LogP contribution in [0, 0.1) is 0 Å². The van der Waals surface area contributed by atoms with Crippen LogP contribution in [0.3, 0.4) is 0 Å². The van der Waals surface area contributed by atoms with Crippen molar-refractivity contribution < 1.29 is 0 Å². The molecule has 0 spiro atoms. The molecular weight excluding hydrogens is 199 g/mol. The third kappa shape index (κ3) is 3.62. The van der Waals surface area contributed by atoms with E-state index in [2.05, 4.69) is 13.8 Å². The van der Waals surface area contributed by atoms with Crippen LogP contribution in [0.1, 0.15) is 52.4 Å². The van der Waals surface area contributed by atoms with E-state index < -0.39 is 0 Å². The molecule has 0 aliphatic heterocycles. The second-order valence-electron chi connectivity index (χ2n) is 3.61. The van der Waals surface area contributed by atoms with Crippen molar-refractivity contribution in [1.29, 1.82) is 0 Å². The second kappa shape index (κ2) is 5.22. The van der Waals surface area contributed by atoms with E-state index >= 15 is 0 Å². The van der Waals surface area contributed by atoms with Gasteiger partial charge >= 0.3 is 77.0 Å². The van der Waals surface area contributed by atoms with Crippen LogP contribution in [-0.4, -0.2) is 15.0 Å². The average molecular weight is 219 g/mol. The second-order valence-corrected chi connectivity index (χ2v) is 7.27. The zero-order valence-electron chi connectivity index (χ0n) is 7.81. The molecule has 66 valence electrons. The van der Waals surface area contributed by atoms with Crippen LogP contribution >= 0.6 is 0 Å². The van der Waals surface area contributed by atoms with Gasteiger partial charge in [-0.3, -0.25) is 0 Å². The molecule has 1 aliphatic rings. The quantitative estimate of drug-likeness (QED) is 0.635. The van der Waals surface area contributed by atoms with Crippen molar-refractivity contribution in [3.8, 4) is 0 Å².